The first-order valence-corrected chi connectivity index (χ1v) is 17.6. The van der Waals surface area contributed by atoms with Crippen LogP contribution in [0.25, 0.3) is 0 Å². The Morgan fingerprint density at radius 1 is 0.894 bits per heavy atom. The van der Waals surface area contributed by atoms with Crippen LogP contribution in [0.15, 0.2) is 11.6 Å². The first kappa shape index (κ1) is 35.2. The number of esters is 1. The Balaban J connectivity index is 1.39. The second-order valence-electron chi connectivity index (χ2n) is 17.3. The molecule has 0 aromatic heterocycles. The largest absolute Gasteiger partial charge is 0.481 e. The number of aliphatic hydroxyl groups excluding tert-OH is 5. The average molecular weight is 665 g/mol. The van der Waals surface area contributed by atoms with Gasteiger partial charge >= 0.3 is 11.9 Å². The van der Waals surface area contributed by atoms with Gasteiger partial charge in [-0.25, -0.2) is 0 Å². The minimum Gasteiger partial charge on any atom is -0.481 e. The molecule has 0 amide bonds. The van der Waals surface area contributed by atoms with Crippen LogP contribution in [0.3, 0.4) is 0 Å². The minimum atomic E-state index is -1.72. The number of carboxylic acid groups (broad SMARTS) is 1. The second kappa shape index (κ2) is 11.2. The summed E-state index contributed by atoms with van der Waals surface area (Å²) in [5.74, 6) is -2.37. The van der Waals surface area contributed by atoms with E-state index < -0.39 is 83.1 Å². The predicted octanol–water partition coefficient (Wildman–Crippen LogP) is 2.53. The van der Waals surface area contributed by atoms with Gasteiger partial charge in [-0.1, -0.05) is 39.3 Å². The van der Waals surface area contributed by atoms with E-state index in [1.165, 1.54) is 0 Å². The van der Waals surface area contributed by atoms with Gasteiger partial charge in [0.1, 0.15) is 24.4 Å². The summed E-state index contributed by atoms with van der Waals surface area (Å²) in [6, 6.07) is 0. The number of aliphatic hydroxyl groups is 6. The number of aliphatic carboxylic acids is 1. The van der Waals surface area contributed by atoms with Crippen molar-refractivity contribution in [3.63, 3.8) is 0 Å². The van der Waals surface area contributed by atoms with Crippen molar-refractivity contribution in [1.29, 1.82) is 0 Å². The number of hydrogen-bond acceptors (Lipinski definition) is 10. The van der Waals surface area contributed by atoms with Crippen LogP contribution in [0.1, 0.15) is 99.3 Å². The van der Waals surface area contributed by atoms with E-state index in [0.717, 1.165) is 18.4 Å². The molecule has 11 heteroatoms. The number of fused-ring (bicyclic) bond motifs is 7. The highest BCUT2D eigenvalue weighted by atomic mass is 16.7. The fourth-order valence-electron chi connectivity index (χ4n) is 12.2. The molecule has 0 aromatic carbocycles. The summed E-state index contributed by atoms with van der Waals surface area (Å²) < 4.78 is 11.4. The molecule has 11 nitrogen and oxygen atoms in total. The summed E-state index contributed by atoms with van der Waals surface area (Å²) in [6.07, 6.45) is -1.18. The quantitative estimate of drug-likeness (QED) is 0.172. The Kier molecular flexibility index (Phi) is 8.40. The topological polar surface area (TPSA) is 194 Å². The van der Waals surface area contributed by atoms with E-state index in [4.69, 9.17) is 9.47 Å². The highest BCUT2D eigenvalue weighted by molar-refractivity contribution is 5.79. The van der Waals surface area contributed by atoms with E-state index in [-0.39, 0.29) is 28.6 Å². The van der Waals surface area contributed by atoms with E-state index in [2.05, 4.69) is 26.8 Å². The smallest absolute Gasteiger partial charge is 0.315 e. The molecule has 5 fully saturated rings. The maximum absolute atomic E-state index is 14.5. The zero-order chi connectivity index (χ0) is 34.7. The molecule has 5 aliphatic carbocycles. The maximum atomic E-state index is 14.5. The summed E-state index contributed by atoms with van der Waals surface area (Å²) in [7, 11) is 0. The van der Waals surface area contributed by atoms with Crippen molar-refractivity contribution in [3.8, 4) is 0 Å². The third-order valence-corrected chi connectivity index (χ3v) is 15.6. The lowest BCUT2D eigenvalue weighted by Gasteiger charge is -2.71. The van der Waals surface area contributed by atoms with Gasteiger partial charge in [0, 0.05) is 5.92 Å². The Labute approximate surface area is 277 Å². The Bertz CT molecular complexity index is 1310. The lowest BCUT2D eigenvalue weighted by Crippen LogP contribution is -2.69. The van der Waals surface area contributed by atoms with Crippen LogP contribution in [0.5, 0.6) is 0 Å². The number of rotatable bonds is 4. The van der Waals surface area contributed by atoms with E-state index in [9.17, 15) is 45.3 Å². The van der Waals surface area contributed by atoms with Crippen LogP contribution < -0.4 is 0 Å². The molecule has 1 aliphatic heterocycles. The van der Waals surface area contributed by atoms with Gasteiger partial charge in [0.25, 0.3) is 0 Å². The Morgan fingerprint density at radius 3 is 2.21 bits per heavy atom. The van der Waals surface area contributed by atoms with Crippen molar-refractivity contribution in [2.45, 2.75) is 142 Å². The second-order valence-corrected chi connectivity index (χ2v) is 17.3. The van der Waals surface area contributed by atoms with Crippen molar-refractivity contribution < 1.29 is 54.8 Å². The van der Waals surface area contributed by atoms with Gasteiger partial charge in [-0.3, -0.25) is 9.59 Å². The van der Waals surface area contributed by atoms with Crippen molar-refractivity contribution in [1.82, 2.24) is 0 Å². The molecule has 1 saturated heterocycles. The molecule has 0 aromatic rings. The van der Waals surface area contributed by atoms with Gasteiger partial charge in [0.05, 0.1) is 29.1 Å². The van der Waals surface area contributed by atoms with E-state index >= 15 is 0 Å². The Hall–Kier alpha value is -1.60. The molecular weight excluding hydrogens is 608 g/mol. The van der Waals surface area contributed by atoms with Crippen molar-refractivity contribution in [2.24, 2.45) is 50.7 Å². The molecule has 0 radical (unpaired) electrons. The summed E-state index contributed by atoms with van der Waals surface area (Å²) in [6.45, 7) is 11.7. The van der Waals surface area contributed by atoms with Gasteiger partial charge < -0.3 is 45.2 Å². The lowest BCUT2D eigenvalue weighted by atomic mass is 9.33. The SMILES string of the molecule is C[C@@H]1CC[C@]2(C(=O)O[C@H]3O[C@@H](CO)[C@@H](O)[C@@H](O)[C@H]3O)CC[C@]3(C)C(=CC[C@H]4[C@@]5(C)CC[C@H](O)[C@](C)(C(=O)O)[C@@H]5CC[C@]43C)[C@@H]2[C@]1(C)O. The monoisotopic (exact) mass is 664 g/mol. The highest BCUT2D eigenvalue weighted by Crippen LogP contribution is 2.76. The number of hydrogen-bond donors (Lipinski definition) is 7. The van der Waals surface area contributed by atoms with E-state index in [0.29, 0.717) is 44.9 Å². The summed E-state index contributed by atoms with van der Waals surface area (Å²) in [4.78, 5) is 27.2. The normalized spacial score (nSPS) is 55.8. The first-order valence-electron chi connectivity index (χ1n) is 17.6. The van der Waals surface area contributed by atoms with Gasteiger partial charge in [0.15, 0.2) is 0 Å². The maximum Gasteiger partial charge on any atom is 0.315 e. The molecule has 0 bridgehead atoms. The van der Waals surface area contributed by atoms with E-state index in [1.807, 2.05) is 6.92 Å². The molecule has 16 atom stereocenters. The minimum absolute atomic E-state index is 0.126. The van der Waals surface area contributed by atoms with Gasteiger partial charge in [0.2, 0.25) is 6.29 Å². The molecule has 0 spiro atoms. The fraction of sp³-hybridized carbons (Fsp3) is 0.889. The molecule has 7 N–H and O–H groups in total. The van der Waals surface area contributed by atoms with Crippen LogP contribution in [0.2, 0.25) is 0 Å². The number of carbonyl (C=O) groups is 2. The standard InChI is InChI=1S/C36H56O11/c1-18-9-14-36(30(44)47-28-26(41)25(40)24(39)20(17-37)46-28)16-15-32(3)19(27(36)35(18,6)45)7-8-21-31(2)12-11-23(38)34(5,29(42)43)22(31)10-13-33(21,32)4/h7,18,20-28,37-41,45H,8-17H2,1-6H3,(H,42,43)/t18-,20+,21+,22-,23+,24-,25-,26-,27-,28-,31-,32-,33-,34-,35-,36+/m1/s1. The zero-order valence-electron chi connectivity index (χ0n) is 28.7. The number of allylic oxidation sites excluding steroid dienone is 1. The lowest BCUT2D eigenvalue weighted by molar-refractivity contribution is -0.299. The van der Waals surface area contributed by atoms with Gasteiger partial charge in [-0.15, -0.1) is 0 Å². The van der Waals surface area contributed by atoms with Crippen LogP contribution in [0.4, 0.5) is 0 Å². The van der Waals surface area contributed by atoms with Crippen LogP contribution >= 0.6 is 0 Å². The molecule has 6 aliphatic rings. The predicted molar refractivity (Wildman–Crippen MR) is 168 cm³/mol. The number of ether oxygens (including phenoxy) is 2. The molecule has 6 rings (SSSR count). The molecule has 1 heterocycles. The van der Waals surface area contributed by atoms with Crippen LogP contribution in [-0.4, -0.2) is 96.7 Å². The Morgan fingerprint density at radius 2 is 1.57 bits per heavy atom. The average Bonchev–Trinajstić information content (AvgIpc) is 3.01. The van der Waals surface area contributed by atoms with Crippen LogP contribution in [0, 0.1) is 50.7 Å². The summed E-state index contributed by atoms with van der Waals surface area (Å²) in [5.41, 5.74) is -3.64. The third-order valence-electron chi connectivity index (χ3n) is 15.6. The summed E-state index contributed by atoms with van der Waals surface area (Å²) >= 11 is 0. The molecular formula is C36H56O11. The van der Waals surface area contributed by atoms with Crippen molar-refractivity contribution in [2.75, 3.05) is 6.61 Å². The van der Waals surface area contributed by atoms with Crippen LogP contribution in [-0.2, 0) is 19.1 Å². The van der Waals surface area contributed by atoms with Crippen molar-refractivity contribution >= 4 is 11.9 Å². The van der Waals surface area contributed by atoms with Gasteiger partial charge in [-0.2, -0.15) is 0 Å². The molecule has 47 heavy (non-hydrogen) atoms. The first-order chi connectivity index (χ1) is 21.8. The third kappa shape index (κ3) is 4.49. The number of carbonyl (C=O) groups excluding carboxylic acids is 1. The summed E-state index contributed by atoms with van der Waals surface area (Å²) in [5, 5.41) is 74.8. The van der Waals surface area contributed by atoms with E-state index in [1.54, 1.807) is 13.8 Å². The zero-order valence-corrected chi connectivity index (χ0v) is 28.7. The molecule has 266 valence electrons. The highest BCUT2D eigenvalue weighted by Gasteiger charge is 2.72. The molecule has 4 saturated carbocycles. The number of carboxylic acids is 1. The molecule has 0 unspecified atom stereocenters. The fourth-order valence-corrected chi connectivity index (χ4v) is 12.2. The van der Waals surface area contributed by atoms with Gasteiger partial charge in [-0.05, 0) is 106 Å². The van der Waals surface area contributed by atoms with Crippen molar-refractivity contribution in [3.05, 3.63) is 11.6 Å².